The van der Waals surface area contributed by atoms with Crippen LogP contribution in [-0.2, 0) is 14.3 Å². The van der Waals surface area contributed by atoms with Gasteiger partial charge in [0.25, 0.3) is 0 Å². The quantitative estimate of drug-likeness (QED) is 0.846. The lowest BCUT2D eigenvalue weighted by Crippen LogP contribution is -2.19. The van der Waals surface area contributed by atoms with E-state index in [0.717, 1.165) is 5.56 Å². The smallest absolute Gasteiger partial charge is 0.337 e. The maximum absolute atomic E-state index is 12.5. The number of nitrogens with one attached hydrogen (secondary N) is 1. The van der Waals surface area contributed by atoms with Gasteiger partial charge in [-0.3, -0.25) is 4.79 Å². The van der Waals surface area contributed by atoms with Gasteiger partial charge in [0.1, 0.15) is 0 Å². The number of ether oxygens (including phenoxy) is 2. The molecule has 2 aromatic carbocycles. The van der Waals surface area contributed by atoms with Crippen LogP contribution in [0.3, 0.4) is 0 Å². The summed E-state index contributed by atoms with van der Waals surface area (Å²) >= 11 is 0. The summed E-state index contributed by atoms with van der Waals surface area (Å²) in [6.45, 7) is 1.77. The van der Waals surface area contributed by atoms with Gasteiger partial charge >= 0.3 is 11.9 Å². The van der Waals surface area contributed by atoms with E-state index in [-0.39, 0.29) is 17.0 Å². The molecule has 0 saturated heterocycles. The Kier molecular flexibility index (Phi) is 5.89. The molecule has 25 heavy (non-hydrogen) atoms. The second-order valence-corrected chi connectivity index (χ2v) is 5.40. The van der Waals surface area contributed by atoms with Gasteiger partial charge < -0.3 is 14.8 Å². The first-order chi connectivity index (χ1) is 12.0. The molecule has 2 aromatic rings. The third-order valence-corrected chi connectivity index (χ3v) is 3.74. The number of methoxy groups -OCH3 is 2. The summed E-state index contributed by atoms with van der Waals surface area (Å²) in [5.41, 5.74) is 1.47. The molecule has 1 atom stereocenters. The zero-order chi connectivity index (χ0) is 18.4. The molecular weight excluding hydrogens is 322 g/mol. The van der Waals surface area contributed by atoms with Crippen molar-refractivity contribution in [3.63, 3.8) is 0 Å². The largest absolute Gasteiger partial charge is 0.465 e. The van der Waals surface area contributed by atoms with E-state index < -0.39 is 17.9 Å². The molecule has 0 saturated carbocycles. The topological polar surface area (TPSA) is 81.7 Å². The van der Waals surface area contributed by atoms with Crippen molar-refractivity contribution >= 4 is 23.5 Å². The fourth-order valence-corrected chi connectivity index (χ4v) is 2.31. The van der Waals surface area contributed by atoms with Crippen molar-refractivity contribution < 1.29 is 23.9 Å². The molecule has 1 N–H and O–H groups in total. The average molecular weight is 341 g/mol. The standard InChI is InChI=1S/C19H19NO5/c1-12(13-7-5-4-6-8-13)17(21)20-16-10-14(18(22)24-2)9-15(11-16)19(23)25-3/h4-12H,1-3H3,(H,20,21)/t12-/m0/s1. The number of benzene rings is 2. The molecule has 1 amide bonds. The van der Waals surface area contributed by atoms with Gasteiger partial charge in [-0.1, -0.05) is 30.3 Å². The maximum atomic E-state index is 12.5. The zero-order valence-corrected chi connectivity index (χ0v) is 14.2. The van der Waals surface area contributed by atoms with Gasteiger partial charge in [0.05, 0.1) is 31.3 Å². The van der Waals surface area contributed by atoms with Crippen LogP contribution in [0.1, 0.15) is 39.1 Å². The number of carbonyl (C=O) groups is 3. The van der Waals surface area contributed by atoms with E-state index in [4.69, 9.17) is 0 Å². The fraction of sp³-hybridized carbons (Fsp3) is 0.211. The number of hydrogen-bond acceptors (Lipinski definition) is 5. The van der Waals surface area contributed by atoms with Crippen molar-refractivity contribution in [1.82, 2.24) is 0 Å². The highest BCUT2D eigenvalue weighted by molar-refractivity contribution is 6.00. The Morgan fingerprint density at radius 3 is 1.88 bits per heavy atom. The Bertz CT molecular complexity index is 751. The van der Waals surface area contributed by atoms with Crippen molar-refractivity contribution in [3.8, 4) is 0 Å². The van der Waals surface area contributed by atoms with Crippen LogP contribution >= 0.6 is 0 Å². The predicted octanol–water partition coefficient (Wildman–Crippen LogP) is 3.00. The first-order valence-corrected chi connectivity index (χ1v) is 7.63. The summed E-state index contributed by atoms with van der Waals surface area (Å²) in [6.07, 6.45) is 0. The van der Waals surface area contributed by atoms with Crippen LogP contribution in [-0.4, -0.2) is 32.1 Å². The molecule has 0 fully saturated rings. The van der Waals surface area contributed by atoms with Crippen LogP contribution in [0, 0.1) is 0 Å². The molecule has 0 bridgehead atoms. The summed E-state index contributed by atoms with van der Waals surface area (Å²) in [5, 5.41) is 2.72. The van der Waals surface area contributed by atoms with E-state index in [9.17, 15) is 14.4 Å². The lowest BCUT2D eigenvalue weighted by molar-refractivity contribution is -0.117. The molecule has 0 aromatic heterocycles. The summed E-state index contributed by atoms with van der Waals surface area (Å²) < 4.78 is 9.36. The number of carbonyl (C=O) groups excluding carboxylic acids is 3. The van der Waals surface area contributed by atoms with Crippen LogP contribution < -0.4 is 5.32 Å². The minimum absolute atomic E-state index is 0.146. The van der Waals surface area contributed by atoms with E-state index >= 15 is 0 Å². The first kappa shape index (κ1) is 18.2. The SMILES string of the molecule is COC(=O)c1cc(NC(=O)[C@@H](C)c2ccccc2)cc(C(=O)OC)c1. The van der Waals surface area contributed by atoms with Crippen LogP contribution in [0.4, 0.5) is 5.69 Å². The third kappa shape index (κ3) is 4.44. The number of esters is 2. The lowest BCUT2D eigenvalue weighted by Gasteiger charge is -2.14. The number of anilines is 1. The molecule has 0 aliphatic rings. The van der Waals surface area contributed by atoms with Crippen molar-refractivity contribution in [3.05, 3.63) is 65.2 Å². The van der Waals surface area contributed by atoms with Gasteiger partial charge in [0.2, 0.25) is 5.91 Å². The predicted molar refractivity (Wildman–Crippen MR) is 92.6 cm³/mol. The van der Waals surface area contributed by atoms with Crippen LogP contribution in [0.5, 0.6) is 0 Å². The number of hydrogen-bond donors (Lipinski definition) is 1. The van der Waals surface area contributed by atoms with Crippen molar-refractivity contribution in [2.45, 2.75) is 12.8 Å². The summed E-state index contributed by atoms with van der Waals surface area (Å²) in [4.78, 5) is 36.0. The Labute approximate surface area is 145 Å². The third-order valence-electron chi connectivity index (χ3n) is 3.74. The molecule has 6 heteroatoms. The number of amides is 1. The van der Waals surface area contributed by atoms with Crippen molar-refractivity contribution in [1.29, 1.82) is 0 Å². The summed E-state index contributed by atoms with van der Waals surface area (Å²) in [7, 11) is 2.48. The molecule has 0 aliphatic heterocycles. The van der Waals surface area contributed by atoms with Gasteiger partial charge in [0, 0.05) is 5.69 Å². The van der Waals surface area contributed by atoms with Gasteiger partial charge in [-0.05, 0) is 30.7 Å². The first-order valence-electron chi connectivity index (χ1n) is 7.63. The summed E-state index contributed by atoms with van der Waals surface area (Å²) in [6, 6.07) is 13.6. The van der Waals surface area contributed by atoms with E-state index in [1.54, 1.807) is 6.92 Å². The lowest BCUT2D eigenvalue weighted by atomic mass is 10.00. The molecule has 0 unspecified atom stereocenters. The summed E-state index contributed by atoms with van der Waals surface area (Å²) in [5.74, 6) is -1.89. The van der Waals surface area contributed by atoms with Crippen molar-refractivity contribution in [2.24, 2.45) is 0 Å². The Balaban J connectivity index is 2.29. The highest BCUT2D eigenvalue weighted by atomic mass is 16.5. The fourth-order valence-electron chi connectivity index (χ4n) is 2.31. The highest BCUT2D eigenvalue weighted by Gasteiger charge is 2.18. The molecule has 0 aliphatic carbocycles. The molecule has 130 valence electrons. The van der Waals surface area contributed by atoms with Gasteiger partial charge in [-0.15, -0.1) is 0 Å². The number of rotatable bonds is 5. The maximum Gasteiger partial charge on any atom is 0.337 e. The van der Waals surface area contributed by atoms with E-state index in [0.29, 0.717) is 5.69 Å². The minimum Gasteiger partial charge on any atom is -0.465 e. The second-order valence-electron chi connectivity index (χ2n) is 5.40. The van der Waals surface area contributed by atoms with Gasteiger partial charge in [-0.25, -0.2) is 9.59 Å². The molecule has 6 nitrogen and oxygen atoms in total. The van der Waals surface area contributed by atoms with Crippen LogP contribution in [0.25, 0.3) is 0 Å². The molecule has 0 heterocycles. The van der Waals surface area contributed by atoms with Gasteiger partial charge in [0.15, 0.2) is 0 Å². The second kappa shape index (κ2) is 8.10. The van der Waals surface area contributed by atoms with Crippen molar-refractivity contribution in [2.75, 3.05) is 19.5 Å². The van der Waals surface area contributed by atoms with Gasteiger partial charge in [-0.2, -0.15) is 0 Å². The molecular formula is C19H19NO5. The Morgan fingerprint density at radius 2 is 1.40 bits per heavy atom. The normalized spacial score (nSPS) is 11.3. The van der Waals surface area contributed by atoms with E-state index in [1.807, 2.05) is 30.3 Å². The molecule has 2 rings (SSSR count). The highest BCUT2D eigenvalue weighted by Crippen LogP contribution is 2.21. The average Bonchev–Trinajstić information content (AvgIpc) is 2.66. The van der Waals surface area contributed by atoms with Crippen LogP contribution in [0.15, 0.2) is 48.5 Å². The minimum atomic E-state index is -0.614. The molecule has 0 spiro atoms. The monoisotopic (exact) mass is 341 g/mol. The molecule has 0 radical (unpaired) electrons. The Hall–Kier alpha value is -3.15. The van der Waals surface area contributed by atoms with E-state index in [1.165, 1.54) is 32.4 Å². The van der Waals surface area contributed by atoms with E-state index in [2.05, 4.69) is 14.8 Å². The van der Waals surface area contributed by atoms with Crippen LogP contribution in [0.2, 0.25) is 0 Å². The zero-order valence-electron chi connectivity index (χ0n) is 14.2. The Morgan fingerprint density at radius 1 is 0.880 bits per heavy atom.